The van der Waals surface area contributed by atoms with Gasteiger partial charge in [-0.2, -0.15) is 13.2 Å². The van der Waals surface area contributed by atoms with Gasteiger partial charge in [-0.05, 0) is 12.1 Å². The van der Waals surface area contributed by atoms with Gasteiger partial charge in [-0.15, -0.1) is 0 Å². The number of rotatable bonds is 4. The minimum atomic E-state index is -4.45. The van der Waals surface area contributed by atoms with E-state index in [9.17, 15) is 22.8 Å². The number of piperazine rings is 1. The number of hydrogen-bond donors (Lipinski definition) is 0. The van der Waals surface area contributed by atoms with Crippen LogP contribution in [0.5, 0.6) is 5.88 Å². The average Bonchev–Trinajstić information content (AvgIpc) is 3.20. The third kappa shape index (κ3) is 4.78. The van der Waals surface area contributed by atoms with Crippen molar-refractivity contribution < 1.29 is 31.9 Å². The van der Waals surface area contributed by atoms with Gasteiger partial charge in [0.1, 0.15) is 6.26 Å². The van der Waals surface area contributed by atoms with E-state index in [4.69, 9.17) is 4.42 Å². The molecule has 144 valence electrons. The van der Waals surface area contributed by atoms with Crippen LogP contribution in [0, 0.1) is 0 Å². The summed E-state index contributed by atoms with van der Waals surface area (Å²) in [6, 6.07) is 4.16. The number of aromatic nitrogens is 1. The molecule has 0 saturated carbocycles. The first kappa shape index (κ1) is 18.7. The summed E-state index contributed by atoms with van der Waals surface area (Å²) in [6.45, 7) is -0.0185. The van der Waals surface area contributed by atoms with Crippen LogP contribution in [0.15, 0.2) is 41.3 Å². The van der Waals surface area contributed by atoms with Crippen molar-refractivity contribution in [3.05, 3.63) is 48.0 Å². The van der Waals surface area contributed by atoms with E-state index in [-0.39, 0.29) is 23.3 Å². The second-order valence-electron chi connectivity index (χ2n) is 5.89. The molecule has 0 bridgehead atoms. The van der Waals surface area contributed by atoms with E-state index in [1.54, 1.807) is 15.9 Å². The third-order valence-electron chi connectivity index (χ3n) is 3.99. The molecule has 1 aliphatic rings. The Hall–Kier alpha value is -3.04. The number of ether oxygens (including phenoxy) is 1. The van der Waals surface area contributed by atoms with Gasteiger partial charge in [-0.1, -0.05) is 0 Å². The van der Waals surface area contributed by atoms with Crippen LogP contribution in [-0.4, -0.2) is 65.6 Å². The van der Waals surface area contributed by atoms with Crippen molar-refractivity contribution in [1.29, 1.82) is 0 Å². The normalized spacial score (nSPS) is 14.9. The van der Waals surface area contributed by atoms with Gasteiger partial charge in [-0.25, -0.2) is 4.98 Å². The van der Waals surface area contributed by atoms with Crippen LogP contribution in [0.2, 0.25) is 0 Å². The molecule has 10 heteroatoms. The summed E-state index contributed by atoms with van der Waals surface area (Å²) >= 11 is 0. The van der Waals surface area contributed by atoms with Crippen LogP contribution in [0.4, 0.5) is 13.2 Å². The summed E-state index contributed by atoms with van der Waals surface area (Å²) in [5.74, 6) is -0.677. The molecule has 1 aliphatic heterocycles. The molecule has 27 heavy (non-hydrogen) atoms. The maximum Gasteiger partial charge on any atom is 0.422 e. The first-order valence-electron chi connectivity index (χ1n) is 8.10. The first-order valence-corrected chi connectivity index (χ1v) is 8.10. The number of furan rings is 1. The van der Waals surface area contributed by atoms with Crippen LogP contribution < -0.4 is 4.74 Å². The lowest BCUT2D eigenvalue weighted by atomic mass is 10.2. The molecule has 1 fully saturated rings. The molecule has 0 atom stereocenters. The number of halogens is 3. The van der Waals surface area contributed by atoms with E-state index >= 15 is 0 Å². The van der Waals surface area contributed by atoms with Crippen molar-refractivity contribution in [1.82, 2.24) is 14.8 Å². The van der Waals surface area contributed by atoms with E-state index < -0.39 is 12.8 Å². The summed E-state index contributed by atoms with van der Waals surface area (Å²) in [4.78, 5) is 31.6. The minimum Gasteiger partial charge on any atom is -0.472 e. The summed E-state index contributed by atoms with van der Waals surface area (Å²) in [5.41, 5.74) is 0.692. The Morgan fingerprint density at radius 2 is 1.67 bits per heavy atom. The molecule has 0 unspecified atom stereocenters. The fraction of sp³-hybridized carbons (Fsp3) is 0.353. The van der Waals surface area contributed by atoms with E-state index in [1.807, 2.05) is 0 Å². The SMILES string of the molecule is O=C(c1ccc(OCC(F)(F)F)nc1)N1CCN(C(=O)c2ccoc2)CC1. The van der Waals surface area contributed by atoms with Crippen LogP contribution >= 0.6 is 0 Å². The zero-order chi connectivity index (χ0) is 19.4. The number of amides is 2. The summed E-state index contributed by atoms with van der Waals surface area (Å²) in [7, 11) is 0. The molecule has 0 N–H and O–H groups in total. The molecule has 1 saturated heterocycles. The summed E-state index contributed by atoms with van der Waals surface area (Å²) < 4.78 is 45.8. The molecular formula is C17H16F3N3O4. The molecule has 7 nitrogen and oxygen atoms in total. The molecule has 0 aromatic carbocycles. The molecule has 0 aliphatic carbocycles. The molecule has 0 radical (unpaired) electrons. The Balaban J connectivity index is 1.54. The zero-order valence-corrected chi connectivity index (χ0v) is 14.1. The Morgan fingerprint density at radius 1 is 1.04 bits per heavy atom. The van der Waals surface area contributed by atoms with Gasteiger partial charge in [0.2, 0.25) is 5.88 Å². The van der Waals surface area contributed by atoms with Gasteiger partial charge in [0.05, 0.1) is 17.4 Å². The molecule has 3 heterocycles. The third-order valence-corrected chi connectivity index (χ3v) is 3.99. The molecular weight excluding hydrogens is 367 g/mol. The lowest BCUT2D eigenvalue weighted by molar-refractivity contribution is -0.154. The lowest BCUT2D eigenvalue weighted by Gasteiger charge is -2.34. The molecule has 3 rings (SSSR count). The highest BCUT2D eigenvalue weighted by Gasteiger charge is 2.29. The molecule has 2 aromatic heterocycles. The average molecular weight is 383 g/mol. The molecule has 2 amide bonds. The number of alkyl halides is 3. The van der Waals surface area contributed by atoms with Crippen LogP contribution in [-0.2, 0) is 0 Å². The van der Waals surface area contributed by atoms with Gasteiger partial charge in [0, 0.05) is 38.4 Å². The van der Waals surface area contributed by atoms with Crippen LogP contribution in [0.1, 0.15) is 20.7 Å². The number of carbonyl (C=O) groups is 2. The highest BCUT2D eigenvalue weighted by atomic mass is 19.4. The maximum absolute atomic E-state index is 12.5. The first-order chi connectivity index (χ1) is 12.8. The highest BCUT2D eigenvalue weighted by molar-refractivity contribution is 5.95. The Labute approximate surface area is 152 Å². The van der Waals surface area contributed by atoms with E-state index in [0.29, 0.717) is 31.7 Å². The zero-order valence-electron chi connectivity index (χ0n) is 14.1. The van der Waals surface area contributed by atoms with Crippen molar-refractivity contribution in [3.63, 3.8) is 0 Å². The summed E-state index contributed by atoms with van der Waals surface area (Å²) in [6.07, 6.45) is -0.489. The van der Waals surface area contributed by atoms with E-state index in [2.05, 4.69) is 9.72 Å². The van der Waals surface area contributed by atoms with Crippen LogP contribution in [0.3, 0.4) is 0 Å². The number of nitrogens with zero attached hydrogens (tertiary/aromatic N) is 3. The Morgan fingerprint density at radius 3 is 2.15 bits per heavy atom. The predicted molar refractivity (Wildman–Crippen MR) is 86.3 cm³/mol. The van der Waals surface area contributed by atoms with Crippen molar-refractivity contribution in [2.24, 2.45) is 0 Å². The predicted octanol–water partition coefficient (Wildman–Crippen LogP) is 2.21. The lowest BCUT2D eigenvalue weighted by Crippen LogP contribution is -2.50. The largest absolute Gasteiger partial charge is 0.472 e. The minimum absolute atomic E-state index is 0.163. The van der Waals surface area contributed by atoms with Gasteiger partial charge in [-0.3, -0.25) is 9.59 Å². The van der Waals surface area contributed by atoms with Crippen molar-refractivity contribution in [2.75, 3.05) is 32.8 Å². The van der Waals surface area contributed by atoms with Gasteiger partial charge < -0.3 is 19.0 Å². The second kappa shape index (κ2) is 7.68. The number of pyridine rings is 1. The van der Waals surface area contributed by atoms with Gasteiger partial charge in [0.15, 0.2) is 6.61 Å². The quantitative estimate of drug-likeness (QED) is 0.809. The Bertz CT molecular complexity index is 783. The maximum atomic E-state index is 12.5. The van der Waals surface area contributed by atoms with Crippen molar-refractivity contribution >= 4 is 11.8 Å². The van der Waals surface area contributed by atoms with Crippen LogP contribution in [0.25, 0.3) is 0 Å². The van der Waals surface area contributed by atoms with E-state index in [0.717, 1.165) is 0 Å². The number of hydrogen-bond acceptors (Lipinski definition) is 5. The standard InChI is InChI=1S/C17H16F3N3O4/c18-17(19,20)11-27-14-2-1-12(9-21-14)15(24)22-4-6-23(7-5-22)16(25)13-3-8-26-10-13/h1-3,8-10H,4-7,11H2. The van der Waals surface area contributed by atoms with Gasteiger partial charge >= 0.3 is 6.18 Å². The second-order valence-corrected chi connectivity index (χ2v) is 5.89. The number of carbonyl (C=O) groups excluding carboxylic acids is 2. The van der Waals surface area contributed by atoms with Gasteiger partial charge in [0.25, 0.3) is 11.8 Å². The molecule has 2 aromatic rings. The van der Waals surface area contributed by atoms with Crippen molar-refractivity contribution in [3.8, 4) is 5.88 Å². The summed E-state index contributed by atoms with van der Waals surface area (Å²) in [5, 5.41) is 0. The monoisotopic (exact) mass is 383 g/mol. The fourth-order valence-corrected chi connectivity index (χ4v) is 2.61. The Kier molecular flexibility index (Phi) is 5.33. The van der Waals surface area contributed by atoms with Crippen molar-refractivity contribution in [2.45, 2.75) is 6.18 Å². The van der Waals surface area contributed by atoms with E-state index in [1.165, 1.54) is 30.9 Å². The fourth-order valence-electron chi connectivity index (χ4n) is 2.61. The highest BCUT2D eigenvalue weighted by Crippen LogP contribution is 2.18. The molecule has 0 spiro atoms. The topological polar surface area (TPSA) is 75.9 Å². The smallest absolute Gasteiger partial charge is 0.422 e.